The number of nitrogens with zero attached hydrogens (tertiary/aromatic N) is 2. The molecule has 0 unspecified atom stereocenters. The Hall–Kier alpha value is -2.92. The van der Waals surface area contributed by atoms with Crippen LogP contribution in [0.3, 0.4) is 0 Å². The molecule has 1 fully saturated rings. The van der Waals surface area contributed by atoms with Crippen molar-refractivity contribution in [3.05, 3.63) is 76.6 Å². The average Bonchev–Trinajstić information content (AvgIpc) is 3.42. The number of hydrogen-bond acceptors (Lipinski definition) is 3. The Morgan fingerprint density at radius 1 is 0.911 bits per heavy atom. The summed E-state index contributed by atoms with van der Waals surface area (Å²) in [6, 6.07) is 13.7. The van der Waals surface area contributed by atoms with E-state index in [9.17, 15) is 1.37 Å². The maximum atomic E-state index is 9.66. The molecule has 3 heterocycles. The Morgan fingerprint density at radius 2 is 1.60 bits per heavy atom. The zero-order valence-corrected chi connectivity index (χ0v) is 30.5. The van der Waals surface area contributed by atoms with Gasteiger partial charge in [0.05, 0.1) is 0 Å². The molecule has 45 heavy (non-hydrogen) atoms. The van der Waals surface area contributed by atoms with Crippen molar-refractivity contribution in [2.45, 2.75) is 116 Å². The van der Waals surface area contributed by atoms with E-state index < -0.39 is 32.9 Å². The van der Waals surface area contributed by atoms with Crippen molar-refractivity contribution in [1.29, 1.82) is 0 Å². The van der Waals surface area contributed by atoms with Gasteiger partial charge < -0.3 is 0 Å². The molecule has 0 spiro atoms. The summed E-state index contributed by atoms with van der Waals surface area (Å²) in [6.07, 6.45) is 5.05. The monoisotopic (exact) mass is 669 g/mol. The first-order valence-corrected chi connectivity index (χ1v) is 23.8. The molecule has 5 aromatic rings. The van der Waals surface area contributed by atoms with Gasteiger partial charge in [-0.1, -0.05) is 13.8 Å². The van der Waals surface area contributed by atoms with Gasteiger partial charge in [0, 0.05) is 1.37 Å². The zero-order valence-electron chi connectivity index (χ0n) is 35.4. The fourth-order valence-corrected chi connectivity index (χ4v) is 10.3. The molecule has 236 valence electrons. The standard InChI is InChI=1S/C41H52GeN2O/c1-24(2)32-20-29(28-16-18-41(7,8)19-17-28)21-33(25(3)4)37(32)34-22-36(43-23-26(34)5)30-14-15-35(42(9,10)11)38-31-13-12-27(6)44-40(31)45-39(30)38/h12-15,20-25,28H,16-19H2,1-11H3/i5D3,6D3,28D. The molecule has 6 rings (SSSR count). The Balaban J connectivity index is 1.64. The number of pyridine rings is 2. The first kappa shape index (κ1) is 24.3. The van der Waals surface area contributed by atoms with Crippen LogP contribution >= 0.6 is 0 Å². The Morgan fingerprint density at radius 3 is 2.20 bits per heavy atom. The van der Waals surface area contributed by atoms with Crippen molar-refractivity contribution in [2.75, 3.05) is 0 Å². The van der Waals surface area contributed by atoms with Gasteiger partial charge in [-0.2, -0.15) is 0 Å². The molecule has 0 radical (unpaired) electrons. The number of hydrogen-bond donors (Lipinski definition) is 0. The third kappa shape index (κ3) is 6.02. The predicted octanol–water partition coefficient (Wildman–Crippen LogP) is 11.8. The SMILES string of the molecule is [2H]C([2H])([2H])c1ccc2c(n1)oc1c(-c3cc(-c4c(C(C)C)cc(C5([2H])CCC(C)(C)CC5)cc4C(C)C)c(C([2H])([2H])[2H])cn3)cc[c]([Ge]([CH3])([CH3])[CH3])c12. The van der Waals surface area contributed by atoms with Crippen molar-refractivity contribution < 1.29 is 14.0 Å². The second-order valence-electron chi connectivity index (χ2n) is 15.5. The summed E-state index contributed by atoms with van der Waals surface area (Å²) in [4.78, 5) is 9.25. The average molecular weight is 669 g/mol. The van der Waals surface area contributed by atoms with Crippen LogP contribution < -0.4 is 4.40 Å². The summed E-state index contributed by atoms with van der Waals surface area (Å²) < 4.78 is 67.1. The summed E-state index contributed by atoms with van der Waals surface area (Å²) in [5, 5.41) is 1.68. The molecule has 0 N–H and O–H groups in total. The minimum absolute atomic E-state index is 0.0286. The van der Waals surface area contributed by atoms with Gasteiger partial charge in [0.25, 0.3) is 0 Å². The molecule has 3 aromatic heterocycles. The Kier molecular flexibility index (Phi) is 6.32. The Labute approximate surface area is 283 Å². The maximum absolute atomic E-state index is 9.66. The second-order valence-corrected chi connectivity index (χ2v) is 26.1. The number of rotatable bonds is 6. The summed E-state index contributed by atoms with van der Waals surface area (Å²) in [5.74, 6) is 6.35. The number of aryl methyl sites for hydroxylation is 2. The first-order valence-electron chi connectivity index (χ1n) is 20.0. The normalized spacial score (nSPS) is 19.6. The van der Waals surface area contributed by atoms with E-state index in [2.05, 4.69) is 82.0 Å². The van der Waals surface area contributed by atoms with Gasteiger partial charge in [0.1, 0.15) is 0 Å². The van der Waals surface area contributed by atoms with Gasteiger partial charge in [0.2, 0.25) is 0 Å². The Bertz CT molecular complexity index is 2130. The van der Waals surface area contributed by atoms with Gasteiger partial charge in [-0.3, -0.25) is 0 Å². The summed E-state index contributed by atoms with van der Waals surface area (Å²) in [6.45, 7) is 8.32. The first-order chi connectivity index (χ1) is 23.9. The summed E-state index contributed by atoms with van der Waals surface area (Å²) in [5.41, 5.74) is 7.06. The molecule has 0 atom stereocenters. The van der Waals surface area contributed by atoms with E-state index in [0.717, 1.165) is 58.7 Å². The van der Waals surface area contributed by atoms with Gasteiger partial charge in [0.15, 0.2) is 0 Å². The van der Waals surface area contributed by atoms with E-state index in [0.29, 0.717) is 22.4 Å². The van der Waals surface area contributed by atoms with Crippen LogP contribution in [0.4, 0.5) is 0 Å². The van der Waals surface area contributed by atoms with Crippen LogP contribution in [-0.2, 0) is 0 Å². The van der Waals surface area contributed by atoms with Crippen LogP contribution in [0.5, 0.6) is 0 Å². The number of benzene rings is 2. The van der Waals surface area contributed by atoms with E-state index in [1.54, 1.807) is 12.1 Å². The molecule has 0 amide bonds. The van der Waals surface area contributed by atoms with Crippen molar-refractivity contribution in [3.8, 4) is 22.4 Å². The third-order valence-corrected chi connectivity index (χ3v) is 14.1. The summed E-state index contributed by atoms with van der Waals surface area (Å²) in [7, 11) is 0. The molecule has 0 aliphatic heterocycles. The zero-order chi connectivity index (χ0) is 38.3. The van der Waals surface area contributed by atoms with E-state index in [1.165, 1.54) is 10.6 Å². The fraction of sp³-hybridized carbons (Fsp3) is 0.463. The molecule has 0 bridgehead atoms. The van der Waals surface area contributed by atoms with Crippen LogP contribution in [0.1, 0.15) is 122 Å². The molecular weight excluding hydrogens is 609 g/mol. The molecule has 1 saturated carbocycles. The fourth-order valence-electron chi connectivity index (χ4n) is 7.03. The van der Waals surface area contributed by atoms with E-state index in [-0.39, 0.29) is 34.2 Å². The van der Waals surface area contributed by atoms with Gasteiger partial charge >= 0.3 is 238 Å². The van der Waals surface area contributed by atoms with Crippen molar-refractivity contribution in [1.82, 2.24) is 9.97 Å². The number of aromatic nitrogens is 2. The third-order valence-electron chi connectivity index (χ3n) is 9.80. The molecule has 2 aromatic carbocycles. The van der Waals surface area contributed by atoms with Crippen LogP contribution in [0.25, 0.3) is 44.5 Å². The minimum atomic E-state index is -2.51. The van der Waals surface area contributed by atoms with Crippen LogP contribution in [-0.4, -0.2) is 23.2 Å². The van der Waals surface area contributed by atoms with Crippen LogP contribution in [0, 0.1) is 19.1 Å². The van der Waals surface area contributed by atoms with Crippen molar-refractivity contribution in [3.63, 3.8) is 0 Å². The second kappa shape index (κ2) is 11.7. The molecule has 1 aliphatic carbocycles. The van der Waals surface area contributed by atoms with Crippen molar-refractivity contribution in [2.24, 2.45) is 5.41 Å². The summed E-state index contributed by atoms with van der Waals surface area (Å²) >= 11 is -2.51. The van der Waals surface area contributed by atoms with Gasteiger partial charge in [-0.25, -0.2) is 0 Å². The molecular formula is C41H52GeN2O. The van der Waals surface area contributed by atoms with Crippen LogP contribution in [0.2, 0.25) is 17.3 Å². The quantitative estimate of drug-likeness (QED) is 0.169. The van der Waals surface area contributed by atoms with E-state index in [4.69, 9.17) is 17.6 Å². The van der Waals surface area contributed by atoms with Crippen LogP contribution in [0.15, 0.2) is 53.1 Å². The van der Waals surface area contributed by atoms with Crippen molar-refractivity contribution >= 4 is 39.7 Å². The molecule has 1 aliphatic rings. The molecule has 0 saturated heterocycles. The topological polar surface area (TPSA) is 38.9 Å². The van der Waals surface area contributed by atoms with Gasteiger partial charge in [-0.15, -0.1) is 0 Å². The molecule has 4 heteroatoms. The number of furan rings is 1. The van der Waals surface area contributed by atoms with E-state index in [1.807, 2.05) is 12.1 Å². The van der Waals surface area contributed by atoms with E-state index >= 15 is 0 Å². The predicted molar refractivity (Wildman–Crippen MR) is 196 cm³/mol. The number of fused-ring (bicyclic) bond motifs is 3. The molecule has 3 nitrogen and oxygen atoms in total. The van der Waals surface area contributed by atoms with Gasteiger partial charge in [-0.05, 0) is 31.1 Å².